The summed E-state index contributed by atoms with van der Waals surface area (Å²) in [5.41, 5.74) is 23.2. The molecule has 19 aromatic rings. The van der Waals surface area contributed by atoms with Gasteiger partial charge in [0.15, 0.2) is 0 Å². The third-order valence-corrected chi connectivity index (χ3v) is 21.8. The average Bonchev–Trinajstić information content (AvgIpc) is 1.89. The van der Waals surface area contributed by atoms with Crippen LogP contribution < -0.4 is 0 Å². The first-order valence-electron chi connectivity index (χ1n) is 31.1. The van der Waals surface area contributed by atoms with Crippen LogP contribution in [0.4, 0.5) is 0 Å². The number of fused-ring (bicyclic) bond motifs is 18. The Balaban J connectivity index is 0.655. The first-order valence-corrected chi connectivity index (χ1v) is 32.7. The molecular formula is C84H52N4S2. The van der Waals surface area contributed by atoms with Crippen LogP contribution in [0, 0.1) is 0 Å². The summed E-state index contributed by atoms with van der Waals surface area (Å²) < 4.78 is 15.1. The molecule has 90 heavy (non-hydrogen) atoms. The Labute approximate surface area is 525 Å². The summed E-state index contributed by atoms with van der Waals surface area (Å²) in [7, 11) is 0. The Kier molecular flexibility index (Phi) is 10.7. The SMILES string of the molecule is C1=Cc2c(n(-c3cccc(-c4ccc5sc6c(-n7c8ccccc8c8cc(-c9ccc%10c(c9)c9ccccc9n%10-c9ccccc9)ccc87)cccc6c5c4)c3)c3ccc(-c4ccc5c(c4)c4ccccc4n5-c4ccc5sc6ccccc6c5c4)cc23)CC1. The maximum Gasteiger partial charge on any atom is 0.0640 e. The van der Waals surface area contributed by atoms with Gasteiger partial charge in [-0.15, -0.1) is 22.7 Å². The van der Waals surface area contributed by atoms with Gasteiger partial charge in [0.25, 0.3) is 0 Å². The van der Waals surface area contributed by atoms with Crippen LogP contribution >= 0.6 is 22.7 Å². The van der Waals surface area contributed by atoms with Crippen molar-refractivity contribution in [2.45, 2.75) is 12.8 Å². The number of nitrogens with zero attached hydrogens (tertiary/aromatic N) is 4. The molecule has 0 unspecified atom stereocenters. The molecule has 0 aliphatic heterocycles. The lowest BCUT2D eigenvalue weighted by molar-refractivity contribution is 0.889. The molecule has 6 heteroatoms. The van der Waals surface area contributed by atoms with Gasteiger partial charge in [0.1, 0.15) is 0 Å². The topological polar surface area (TPSA) is 19.7 Å². The molecule has 0 spiro atoms. The van der Waals surface area contributed by atoms with Gasteiger partial charge in [-0.05, 0) is 180 Å². The van der Waals surface area contributed by atoms with E-state index in [1.54, 1.807) is 0 Å². The van der Waals surface area contributed by atoms with E-state index in [0.29, 0.717) is 0 Å². The van der Waals surface area contributed by atoms with Crippen molar-refractivity contribution in [1.29, 1.82) is 0 Å². The van der Waals surface area contributed by atoms with Crippen LogP contribution in [-0.4, -0.2) is 18.3 Å². The first kappa shape index (κ1) is 50.0. The highest BCUT2D eigenvalue weighted by Gasteiger charge is 2.23. The van der Waals surface area contributed by atoms with E-state index in [9.17, 15) is 0 Å². The highest BCUT2D eigenvalue weighted by Crippen LogP contribution is 2.46. The summed E-state index contributed by atoms with van der Waals surface area (Å²) in [6.07, 6.45) is 6.72. The Bertz CT molecular complexity index is 6290. The van der Waals surface area contributed by atoms with Crippen LogP contribution in [0.15, 0.2) is 285 Å². The molecule has 0 fully saturated rings. The zero-order chi connectivity index (χ0) is 58.7. The Morgan fingerprint density at radius 3 is 1.38 bits per heavy atom. The molecule has 0 bridgehead atoms. The van der Waals surface area contributed by atoms with Gasteiger partial charge in [0, 0.05) is 102 Å². The molecule has 0 atom stereocenters. The fourth-order valence-electron chi connectivity index (χ4n) is 15.4. The number of para-hydroxylation sites is 4. The smallest absolute Gasteiger partial charge is 0.0640 e. The van der Waals surface area contributed by atoms with Crippen LogP contribution in [-0.2, 0) is 6.42 Å². The van der Waals surface area contributed by atoms with Crippen molar-refractivity contribution in [3.63, 3.8) is 0 Å². The van der Waals surface area contributed by atoms with E-state index in [0.717, 1.165) is 12.8 Å². The lowest BCUT2D eigenvalue weighted by Gasteiger charge is -2.14. The number of hydrogen-bond donors (Lipinski definition) is 0. The van der Waals surface area contributed by atoms with E-state index in [-0.39, 0.29) is 0 Å². The molecule has 420 valence electrons. The second-order valence-electron chi connectivity index (χ2n) is 24.3. The molecule has 0 saturated heterocycles. The maximum atomic E-state index is 2.54. The largest absolute Gasteiger partial charge is 0.313 e. The number of aromatic nitrogens is 4. The van der Waals surface area contributed by atoms with E-state index < -0.39 is 0 Å². The Morgan fingerprint density at radius 1 is 0.256 bits per heavy atom. The molecule has 6 heterocycles. The number of benzene rings is 13. The minimum atomic E-state index is 0.986. The summed E-state index contributed by atoms with van der Waals surface area (Å²) >= 11 is 3.76. The average molecular weight is 1180 g/mol. The normalized spacial score (nSPS) is 12.8. The fourth-order valence-corrected chi connectivity index (χ4v) is 17.6. The second kappa shape index (κ2) is 19.2. The van der Waals surface area contributed by atoms with Gasteiger partial charge < -0.3 is 18.3 Å². The van der Waals surface area contributed by atoms with Crippen LogP contribution in [0.25, 0.3) is 179 Å². The monoisotopic (exact) mass is 1180 g/mol. The summed E-state index contributed by atoms with van der Waals surface area (Å²) in [6, 6.07) is 105. The first-order chi connectivity index (χ1) is 44.6. The molecule has 20 rings (SSSR count). The predicted octanol–water partition coefficient (Wildman–Crippen LogP) is 23.6. The van der Waals surface area contributed by atoms with Gasteiger partial charge in [-0.25, -0.2) is 0 Å². The minimum absolute atomic E-state index is 0.986. The molecule has 0 radical (unpaired) electrons. The number of thiophene rings is 2. The van der Waals surface area contributed by atoms with Crippen molar-refractivity contribution in [2.75, 3.05) is 0 Å². The minimum Gasteiger partial charge on any atom is -0.313 e. The molecule has 1 aliphatic rings. The van der Waals surface area contributed by atoms with Gasteiger partial charge in [-0.2, -0.15) is 0 Å². The summed E-state index contributed by atoms with van der Waals surface area (Å²) in [4.78, 5) is 0. The lowest BCUT2D eigenvalue weighted by Crippen LogP contribution is -2.03. The molecule has 1 aliphatic carbocycles. The predicted molar refractivity (Wildman–Crippen MR) is 386 cm³/mol. The van der Waals surface area contributed by atoms with Crippen molar-refractivity contribution < 1.29 is 0 Å². The van der Waals surface area contributed by atoms with E-state index in [2.05, 4.69) is 309 Å². The molecule has 0 amide bonds. The van der Waals surface area contributed by atoms with Gasteiger partial charge in [-0.3, -0.25) is 0 Å². The van der Waals surface area contributed by atoms with Crippen molar-refractivity contribution in [2.24, 2.45) is 0 Å². The summed E-state index contributed by atoms with van der Waals surface area (Å²) in [6.45, 7) is 0. The highest BCUT2D eigenvalue weighted by atomic mass is 32.1. The van der Waals surface area contributed by atoms with Crippen molar-refractivity contribution >= 4 is 145 Å². The van der Waals surface area contributed by atoms with Gasteiger partial charge in [-0.1, -0.05) is 158 Å². The second-order valence-corrected chi connectivity index (χ2v) is 26.4. The van der Waals surface area contributed by atoms with Crippen molar-refractivity contribution in [3.8, 4) is 56.1 Å². The quantitative estimate of drug-likeness (QED) is 0.152. The standard InChI is InChI=1S/C84H52N4S2/c1-2-17-57(18-3-1)85-72-26-9-4-20-60(72)66-45-52(32-38-76(66)85)55-35-41-79-69(48-55)63-23-7-12-29-75(63)88(79)80-30-15-25-65-70-49-56(36-42-83(70)90-84(65)80)51-16-14-19-58(44-51)86-73-27-10-5-21-61(73)67-46-53(33-39-77(67)86)54-34-40-78-68(47-54)62-22-6-11-28-74(62)87(78)59-37-43-82-71(50-59)64-24-8-13-31-81(64)89-82/h1-9,11-26,28-50H,10,27H2. The highest BCUT2D eigenvalue weighted by molar-refractivity contribution is 7.26. The lowest BCUT2D eigenvalue weighted by atomic mass is 9.98. The van der Waals surface area contributed by atoms with E-state index in [1.807, 2.05) is 22.7 Å². The third kappa shape index (κ3) is 7.34. The van der Waals surface area contributed by atoms with Crippen LogP contribution in [0.3, 0.4) is 0 Å². The molecule has 0 N–H and O–H groups in total. The molecule has 6 aromatic heterocycles. The Morgan fingerprint density at radius 2 is 0.700 bits per heavy atom. The van der Waals surface area contributed by atoms with Crippen LogP contribution in [0.5, 0.6) is 0 Å². The van der Waals surface area contributed by atoms with Crippen molar-refractivity contribution in [1.82, 2.24) is 18.3 Å². The maximum absolute atomic E-state index is 2.54. The number of hydrogen-bond acceptors (Lipinski definition) is 2. The Hall–Kier alpha value is -11.0. The van der Waals surface area contributed by atoms with Crippen LogP contribution in [0.1, 0.15) is 17.7 Å². The van der Waals surface area contributed by atoms with E-state index in [4.69, 9.17) is 0 Å². The number of allylic oxidation sites excluding steroid dienone is 1. The number of rotatable bonds is 7. The summed E-state index contributed by atoms with van der Waals surface area (Å²) in [5.74, 6) is 0. The van der Waals surface area contributed by atoms with Gasteiger partial charge in [0.2, 0.25) is 0 Å². The zero-order valence-corrected chi connectivity index (χ0v) is 50.4. The van der Waals surface area contributed by atoms with E-state index in [1.165, 1.54) is 184 Å². The molecule has 4 nitrogen and oxygen atoms in total. The van der Waals surface area contributed by atoms with Gasteiger partial charge >= 0.3 is 0 Å². The van der Waals surface area contributed by atoms with E-state index >= 15 is 0 Å². The summed E-state index contributed by atoms with van der Waals surface area (Å²) in [5, 5.41) is 14.0. The van der Waals surface area contributed by atoms with Crippen molar-refractivity contribution in [3.05, 3.63) is 296 Å². The third-order valence-electron chi connectivity index (χ3n) is 19.4. The van der Waals surface area contributed by atoms with Gasteiger partial charge in [0.05, 0.1) is 49.0 Å². The molecular weight excluding hydrogens is 1130 g/mol. The molecule has 13 aromatic carbocycles. The zero-order valence-electron chi connectivity index (χ0n) is 48.7. The van der Waals surface area contributed by atoms with Crippen LogP contribution in [0.2, 0.25) is 0 Å². The fraction of sp³-hybridized carbons (Fsp3) is 0.0238. The molecule has 0 saturated carbocycles.